The van der Waals surface area contributed by atoms with Crippen molar-refractivity contribution >= 4 is 11.8 Å². The van der Waals surface area contributed by atoms with Gasteiger partial charge in [-0.15, -0.1) is 11.8 Å². The maximum atomic E-state index is 9.01. The Morgan fingerprint density at radius 1 is 1.05 bits per heavy atom. The van der Waals surface area contributed by atoms with E-state index in [1.165, 1.54) is 21.6 Å². The summed E-state index contributed by atoms with van der Waals surface area (Å²) in [4.78, 5) is 1.23. The molecule has 0 amide bonds. The lowest BCUT2D eigenvalue weighted by molar-refractivity contribution is 0.977. The summed E-state index contributed by atoms with van der Waals surface area (Å²) < 4.78 is 0. The Labute approximate surface area is 119 Å². The van der Waals surface area contributed by atoms with Gasteiger partial charge in [-0.2, -0.15) is 5.26 Å². The average Bonchev–Trinajstić information content (AvgIpc) is 2.43. The first kappa shape index (κ1) is 13.7. The summed E-state index contributed by atoms with van der Waals surface area (Å²) >= 11 is 1.77. The van der Waals surface area contributed by atoms with Crippen molar-refractivity contribution in [2.24, 2.45) is 0 Å². The van der Waals surface area contributed by atoms with Gasteiger partial charge in [0.25, 0.3) is 0 Å². The van der Waals surface area contributed by atoms with Gasteiger partial charge < -0.3 is 0 Å². The van der Waals surface area contributed by atoms with E-state index in [1.54, 1.807) is 11.8 Å². The summed E-state index contributed by atoms with van der Waals surface area (Å²) in [6.45, 7) is 4.24. The van der Waals surface area contributed by atoms with Crippen LogP contribution in [0.25, 0.3) is 0 Å². The second-order valence-corrected chi connectivity index (χ2v) is 5.90. The summed E-state index contributed by atoms with van der Waals surface area (Å²) in [7, 11) is 0. The number of hydrogen-bond acceptors (Lipinski definition) is 2. The van der Waals surface area contributed by atoms with E-state index >= 15 is 0 Å². The van der Waals surface area contributed by atoms with Gasteiger partial charge in [0.1, 0.15) is 0 Å². The zero-order valence-electron chi connectivity index (χ0n) is 11.3. The zero-order valence-corrected chi connectivity index (χ0v) is 12.1. The minimum absolute atomic E-state index is 0.202. The van der Waals surface area contributed by atoms with Crippen molar-refractivity contribution in [3.05, 3.63) is 65.2 Å². The van der Waals surface area contributed by atoms with Gasteiger partial charge in [-0.25, -0.2) is 0 Å². The number of thioether (sulfide) groups is 1. The summed E-state index contributed by atoms with van der Waals surface area (Å²) in [5, 5.41) is 9.21. The lowest BCUT2D eigenvalue weighted by atomic mass is 10.1. The van der Waals surface area contributed by atoms with Gasteiger partial charge in [-0.1, -0.05) is 36.4 Å². The van der Waals surface area contributed by atoms with E-state index in [0.29, 0.717) is 6.42 Å². The molecule has 2 heteroatoms. The second kappa shape index (κ2) is 6.45. The van der Waals surface area contributed by atoms with Crippen molar-refractivity contribution in [3.63, 3.8) is 0 Å². The zero-order chi connectivity index (χ0) is 13.7. The van der Waals surface area contributed by atoms with Crippen LogP contribution in [-0.2, 0) is 0 Å². The SMILES string of the molecule is Cc1ccc(SC(CC#N)c2ccccc2)cc1C. The van der Waals surface area contributed by atoms with Gasteiger partial charge in [0.2, 0.25) is 0 Å². The van der Waals surface area contributed by atoms with E-state index in [4.69, 9.17) is 5.26 Å². The molecule has 2 rings (SSSR count). The number of hydrogen-bond donors (Lipinski definition) is 0. The van der Waals surface area contributed by atoms with Gasteiger partial charge >= 0.3 is 0 Å². The Bertz CT molecular complexity index is 584. The molecule has 1 unspecified atom stereocenters. The molecule has 2 aromatic carbocycles. The Morgan fingerprint density at radius 3 is 2.42 bits per heavy atom. The van der Waals surface area contributed by atoms with E-state index in [-0.39, 0.29) is 5.25 Å². The smallest absolute Gasteiger partial charge is 0.0637 e. The molecule has 19 heavy (non-hydrogen) atoms. The lowest BCUT2D eigenvalue weighted by Crippen LogP contribution is -1.93. The second-order valence-electron chi connectivity index (χ2n) is 4.63. The van der Waals surface area contributed by atoms with E-state index in [9.17, 15) is 0 Å². The summed E-state index contributed by atoms with van der Waals surface area (Å²) in [6, 6.07) is 19.0. The van der Waals surface area contributed by atoms with Crippen molar-refractivity contribution in [3.8, 4) is 6.07 Å². The van der Waals surface area contributed by atoms with Crippen LogP contribution in [0.15, 0.2) is 53.4 Å². The highest BCUT2D eigenvalue weighted by Crippen LogP contribution is 2.37. The molecule has 96 valence electrons. The van der Waals surface area contributed by atoms with Gasteiger partial charge in [-0.05, 0) is 42.7 Å². The monoisotopic (exact) mass is 267 g/mol. The minimum atomic E-state index is 0.202. The molecule has 0 saturated heterocycles. The van der Waals surface area contributed by atoms with Crippen LogP contribution < -0.4 is 0 Å². The van der Waals surface area contributed by atoms with Crippen LogP contribution in [0.3, 0.4) is 0 Å². The van der Waals surface area contributed by atoms with E-state index < -0.39 is 0 Å². The first-order valence-electron chi connectivity index (χ1n) is 6.36. The van der Waals surface area contributed by atoms with Crippen LogP contribution >= 0.6 is 11.8 Å². The van der Waals surface area contributed by atoms with Crippen molar-refractivity contribution in [1.82, 2.24) is 0 Å². The maximum Gasteiger partial charge on any atom is 0.0637 e. The molecule has 0 aliphatic heterocycles. The fourth-order valence-electron chi connectivity index (χ4n) is 1.93. The molecule has 0 bridgehead atoms. The predicted molar refractivity (Wildman–Crippen MR) is 81.2 cm³/mol. The minimum Gasteiger partial charge on any atom is -0.198 e. The van der Waals surface area contributed by atoms with Crippen LogP contribution in [0, 0.1) is 25.2 Å². The van der Waals surface area contributed by atoms with Crippen LogP contribution in [-0.4, -0.2) is 0 Å². The molecule has 0 aromatic heterocycles. The van der Waals surface area contributed by atoms with Crippen LogP contribution in [0.2, 0.25) is 0 Å². The van der Waals surface area contributed by atoms with Gasteiger partial charge in [-0.3, -0.25) is 0 Å². The summed E-state index contributed by atoms with van der Waals surface area (Å²) in [5.41, 5.74) is 3.82. The topological polar surface area (TPSA) is 23.8 Å². The van der Waals surface area contributed by atoms with Crippen molar-refractivity contribution < 1.29 is 0 Å². The maximum absolute atomic E-state index is 9.01. The summed E-state index contributed by atoms with van der Waals surface area (Å²) in [6.07, 6.45) is 0.529. The normalized spacial score (nSPS) is 11.8. The third-order valence-electron chi connectivity index (χ3n) is 3.20. The highest BCUT2D eigenvalue weighted by atomic mass is 32.2. The van der Waals surface area contributed by atoms with E-state index in [2.05, 4.69) is 50.2 Å². The van der Waals surface area contributed by atoms with Crippen LogP contribution in [0.4, 0.5) is 0 Å². The summed E-state index contributed by atoms with van der Waals surface area (Å²) in [5.74, 6) is 0. The van der Waals surface area contributed by atoms with E-state index in [0.717, 1.165) is 0 Å². The Morgan fingerprint density at radius 2 is 1.79 bits per heavy atom. The average molecular weight is 267 g/mol. The molecule has 0 radical (unpaired) electrons. The molecule has 0 N–H and O–H groups in total. The Kier molecular flexibility index (Phi) is 4.65. The Hall–Kier alpha value is -1.72. The van der Waals surface area contributed by atoms with Crippen LogP contribution in [0.1, 0.15) is 28.4 Å². The largest absolute Gasteiger partial charge is 0.198 e. The molecule has 2 aromatic rings. The highest BCUT2D eigenvalue weighted by Gasteiger charge is 2.12. The van der Waals surface area contributed by atoms with E-state index in [1.807, 2.05) is 18.2 Å². The molecule has 0 aliphatic carbocycles. The Balaban J connectivity index is 2.22. The number of aryl methyl sites for hydroxylation is 2. The molecule has 1 atom stereocenters. The third kappa shape index (κ3) is 3.62. The molecule has 0 heterocycles. The predicted octanol–water partition coefficient (Wildman–Crippen LogP) is 5.05. The number of nitriles is 1. The highest BCUT2D eigenvalue weighted by molar-refractivity contribution is 7.99. The molecule has 1 nitrogen and oxygen atoms in total. The van der Waals surface area contributed by atoms with Gasteiger partial charge in [0.15, 0.2) is 0 Å². The number of rotatable bonds is 4. The van der Waals surface area contributed by atoms with Crippen molar-refractivity contribution in [2.45, 2.75) is 30.4 Å². The quantitative estimate of drug-likeness (QED) is 0.724. The molecular weight excluding hydrogens is 250 g/mol. The van der Waals surface area contributed by atoms with Gasteiger partial charge in [0.05, 0.1) is 12.5 Å². The molecule has 0 fully saturated rings. The molecule has 0 spiro atoms. The van der Waals surface area contributed by atoms with Crippen molar-refractivity contribution in [2.75, 3.05) is 0 Å². The fraction of sp³-hybridized carbons (Fsp3) is 0.235. The lowest BCUT2D eigenvalue weighted by Gasteiger charge is -2.14. The molecule has 0 aliphatic rings. The molecule has 0 saturated carbocycles. The fourth-order valence-corrected chi connectivity index (χ4v) is 3.10. The first-order valence-corrected chi connectivity index (χ1v) is 7.24. The number of benzene rings is 2. The number of nitrogens with zero attached hydrogens (tertiary/aromatic N) is 1. The van der Waals surface area contributed by atoms with Crippen LogP contribution in [0.5, 0.6) is 0 Å². The molecular formula is C17H17NS. The van der Waals surface area contributed by atoms with Crippen molar-refractivity contribution in [1.29, 1.82) is 5.26 Å². The first-order chi connectivity index (χ1) is 9.20. The third-order valence-corrected chi connectivity index (χ3v) is 4.45. The standard InChI is InChI=1S/C17H17NS/c1-13-8-9-16(12-14(13)2)19-17(10-11-18)15-6-4-3-5-7-15/h3-9,12,17H,10H2,1-2H3. The van der Waals surface area contributed by atoms with Gasteiger partial charge in [0, 0.05) is 10.1 Å².